The molecule has 1 saturated heterocycles. The second-order valence-corrected chi connectivity index (χ2v) is 6.76. The zero-order valence-electron chi connectivity index (χ0n) is 11.6. The molecule has 1 atom stereocenters. The van der Waals surface area contributed by atoms with Gasteiger partial charge in [0.25, 0.3) is 0 Å². The molecule has 0 saturated carbocycles. The Morgan fingerprint density at radius 2 is 2.05 bits per heavy atom. The van der Waals surface area contributed by atoms with E-state index in [9.17, 15) is 4.79 Å². The van der Waals surface area contributed by atoms with Gasteiger partial charge in [-0.2, -0.15) is 0 Å². The fourth-order valence-corrected chi connectivity index (χ4v) is 4.10. The van der Waals surface area contributed by atoms with E-state index in [1.54, 1.807) is 11.8 Å². The molecular formula is C15H21ClN2OS. The van der Waals surface area contributed by atoms with Gasteiger partial charge >= 0.3 is 0 Å². The van der Waals surface area contributed by atoms with Gasteiger partial charge in [-0.1, -0.05) is 18.2 Å². The number of amides is 1. The lowest BCUT2D eigenvalue weighted by Crippen LogP contribution is -2.53. The highest BCUT2D eigenvalue weighted by atomic mass is 35.5. The SMILES string of the molecule is CC1(NC(=O)C2CSc3ccccc32)CCNCC1.Cl. The highest BCUT2D eigenvalue weighted by Crippen LogP contribution is 2.39. The van der Waals surface area contributed by atoms with E-state index in [1.165, 1.54) is 10.5 Å². The first kappa shape index (κ1) is 15.7. The van der Waals surface area contributed by atoms with Crippen LogP contribution in [0.15, 0.2) is 29.2 Å². The van der Waals surface area contributed by atoms with Crippen LogP contribution in [0.3, 0.4) is 0 Å². The van der Waals surface area contributed by atoms with Crippen LogP contribution >= 0.6 is 24.2 Å². The van der Waals surface area contributed by atoms with Gasteiger partial charge < -0.3 is 10.6 Å². The first-order chi connectivity index (χ1) is 9.18. The Morgan fingerprint density at radius 3 is 2.80 bits per heavy atom. The number of thioether (sulfide) groups is 1. The van der Waals surface area contributed by atoms with E-state index in [2.05, 4.69) is 29.7 Å². The second-order valence-electron chi connectivity index (χ2n) is 5.70. The van der Waals surface area contributed by atoms with E-state index in [0.717, 1.165) is 31.7 Å². The van der Waals surface area contributed by atoms with E-state index in [1.807, 2.05) is 12.1 Å². The number of carbonyl (C=O) groups is 1. The molecule has 0 bridgehead atoms. The van der Waals surface area contributed by atoms with Gasteiger partial charge in [0.1, 0.15) is 0 Å². The summed E-state index contributed by atoms with van der Waals surface area (Å²) in [5.41, 5.74) is 1.16. The summed E-state index contributed by atoms with van der Waals surface area (Å²) in [5, 5.41) is 6.63. The molecule has 0 radical (unpaired) electrons. The van der Waals surface area contributed by atoms with Crippen molar-refractivity contribution in [1.29, 1.82) is 0 Å². The van der Waals surface area contributed by atoms with Crippen LogP contribution in [0.5, 0.6) is 0 Å². The number of rotatable bonds is 2. The maximum atomic E-state index is 12.5. The van der Waals surface area contributed by atoms with Crippen LogP contribution in [0, 0.1) is 0 Å². The van der Waals surface area contributed by atoms with Crippen molar-refractivity contribution < 1.29 is 4.79 Å². The third-order valence-electron chi connectivity index (χ3n) is 4.15. The first-order valence-electron chi connectivity index (χ1n) is 6.92. The summed E-state index contributed by atoms with van der Waals surface area (Å²) in [6.07, 6.45) is 2.03. The van der Waals surface area contributed by atoms with E-state index < -0.39 is 0 Å². The molecule has 3 nitrogen and oxygen atoms in total. The molecule has 1 fully saturated rings. The predicted molar refractivity (Wildman–Crippen MR) is 85.8 cm³/mol. The molecule has 2 aliphatic heterocycles. The van der Waals surface area contributed by atoms with Crippen molar-refractivity contribution >= 4 is 30.1 Å². The molecule has 1 aromatic carbocycles. The normalized spacial score (nSPS) is 23.6. The second kappa shape index (κ2) is 6.37. The van der Waals surface area contributed by atoms with Crippen LogP contribution in [0.4, 0.5) is 0 Å². The van der Waals surface area contributed by atoms with Crippen molar-refractivity contribution in [3.05, 3.63) is 29.8 Å². The van der Waals surface area contributed by atoms with Crippen molar-refractivity contribution in [3.8, 4) is 0 Å². The minimum atomic E-state index is -0.0372. The molecule has 2 N–H and O–H groups in total. The summed E-state index contributed by atoms with van der Waals surface area (Å²) in [6, 6.07) is 8.27. The van der Waals surface area contributed by atoms with Crippen molar-refractivity contribution in [2.45, 2.75) is 36.1 Å². The first-order valence-corrected chi connectivity index (χ1v) is 7.91. The smallest absolute Gasteiger partial charge is 0.228 e. The number of fused-ring (bicyclic) bond motifs is 1. The molecule has 0 aliphatic carbocycles. The maximum absolute atomic E-state index is 12.5. The molecule has 1 aromatic rings. The fraction of sp³-hybridized carbons (Fsp3) is 0.533. The minimum absolute atomic E-state index is 0. The zero-order chi connectivity index (χ0) is 13.3. The van der Waals surface area contributed by atoms with Crippen molar-refractivity contribution in [2.75, 3.05) is 18.8 Å². The molecule has 1 unspecified atom stereocenters. The Kier molecular flexibility index (Phi) is 4.99. The number of benzene rings is 1. The minimum Gasteiger partial charge on any atom is -0.350 e. The van der Waals surface area contributed by atoms with Gasteiger partial charge in [0.2, 0.25) is 5.91 Å². The van der Waals surface area contributed by atoms with Crippen molar-refractivity contribution in [3.63, 3.8) is 0 Å². The molecule has 20 heavy (non-hydrogen) atoms. The lowest BCUT2D eigenvalue weighted by atomic mass is 9.89. The van der Waals surface area contributed by atoms with Crippen LogP contribution < -0.4 is 10.6 Å². The number of hydrogen-bond donors (Lipinski definition) is 2. The highest BCUT2D eigenvalue weighted by Gasteiger charge is 2.34. The summed E-state index contributed by atoms with van der Waals surface area (Å²) < 4.78 is 0. The van der Waals surface area contributed by atoms with E-state index >= 15 is 0 Å². The van der Waals surface area contributed by atoms with Gasteiger partial charge in [-0.05, 0) is 44.5 Å². The average molecular weight is 313 g/mol. The molecule has 1 amide bonds. The van der Waals surface area contributed by atoms with Crippen molar-refractivity contribution in [1.82, 2.24) is 10.6 Å². The molecule has 2 heterocycles. The molecule has 5 heteroatoms. The average Bonchev–Trinajstić information content (AvgIpc) is 2.83. The van der Waals surface area contributed by atoms with Crippen LogP contribution in [0.1, 0.15) is 31.2 Å². The topological polar surface area (TPSA) is 41.1 Å². The van der Waals surface area contributed by atoms with E-state index in [4.69, 9.17) is 0 Å². The molecule has 110 valence electrons. The summed E-state index contributed by atoms with van der Waals surface area (Å²) >= 11 is 1.79. The largest absolute Gasteiger partial charge is 0.350 e. The standard InChI is InChI=1S/C15H20N2OS.ClH/c1-15(6-8-16-9-7-15)17-14(18)12-10-19-13-5-3-2-4-11(12)13;/h2-5,12,16H,6-10H2,1H3,(H,17,18);1H. The molecule has 3 rings (SSSR count). The summed E-state index contributed by atoms with van der Waals surface area (Å²) in [7, 11) is 0. The fourth-order valence-electron chi connectivity index (χ4n) is 2.87. The molecular weight excluding hydrogens is 292 g/mol. The summed E-state index contributed by atoms with van der Waals surface area (Å²) in [5.74, 6) is 1.09. The van der Waals surface area contributed by atoms with Gasteiger partial charge in [-0.25, -0.2) is 0 Å². The van der Waals surface area contributed by atoms with Gasteiger partial charge in [0.15, 0.2) is 0 Å². The number of halogens is 1. The van der Waals surface area contributed by atoms with Crippen LogP contribution in [-0.4, -0.2) is 30.3 Å². The van der Waals surface area contributed by atoms with E-state index in [0.29, 0.717) is 0 Å². The molecule has 0 aromatic heterocycles. The maximum Gasteiger partial charge on any atom is 0.228 e. The van der Waals surface area contributed by atoms with Gasteiger partial charge in [-0.15, -0.1) is 24.2 Å². The Balaban J connectivity index is 0.00000147. The quantitative estimate of drug-likeness (QED) is 0.882. The zero-order valence-corrected chi connectivity index (χ0v) is 13.3. The Labute approximate surface area is 130 Å². The molecule has 0 spiro atoms. The lowest BCUT2D eigenvalue weighted by molar-refractivity contribution is -0.124. The van der Waals surface area contributed by atoms with Gasteiger partial charge in [-0.3, -0.25) is 4.79 Å². The number of hydrogen-bond acceptors (Lipinski definition) is 3. The number of nitrogens with one attached hydrogen (secondary N) is 2. The highest BCUT2D eigenvalue weighted by molar-refractivity contribution is 7.99. The summed E-state index contributed by atoms with van der Waals surface area (Å²) in [4.78, 5) is 13.8. The Morgan fingerprint density at radius 1 is 1.35 bits per heavy atom. The number of piperidine rings is 1. The third kappa shape index (κ3) is 3.13. The van der Waals surface area contributed by atoms with Gasteiger partial charge in [0.05, 0.1) is 5.92 Å². The molecule has 2 aliphatic rings. The van der Waals surface area contributed by atoms with Crippen LogP contribution in [0.25, 0.3) is 0 Å². The third-order valence-corrected chi connectivity index (χ3v) is 5.33. The van der Waals surface area contributed by atoms with Crippen LogP contribution in [0.2, 0.25) is 0 Å². The lowest BCUT2D eigenvalue weighted by Gasteiger charge is -2.35. The van der Waals surface area contributed by atoms with Gasteiger partial charge in [0, 0.05) is 16.2 Å². The number of carbonyl (C=O) groups excluding carboxylic acids is 1. The Hall–Kier alpha value is -0.710. The Bertz CT molecular complexity index is 489. The predicted octanol–water partition coefficient (Wildman–Crippen LogP) is 2.56. The van der Waals surface area contributed by atoms with Crippen molar-refractivity contribution in [2.24, 2.45) is 0 Å². The van der Waals surface area contributed by atoms with Crippen LogP contribution in [-0.2, 0) is 4.79 Å². The summed E-state index contributed by atoms with van der Waals surface area (Å²) in [6.45, 7) is 4.15. The van der Waals surface area contributed by atoms with E-state index in [-0.39, 0.29) is 29.8 Å². The monoisotopic (exact) mass is 312 g/mol.